The van der Waals surface area contributed by atoms with Crippen molar-refractivity contribution in [3.05, 3.63) is 46.9 Å². The van der Waals surface area contributed by atoms with Crippen molar-refractivity contribution >= 4 is 11.8 Å². The molecule has 2 rings (SSSR count). The summed E-state index contributed by atoms with van der Waals surface area (Å²) >= 11 is 0. The molecule has 1 aromatic heterocycles. The van der Waals surface area contributed by atoms with Gasteiger partial charge in [0, 0.05) is 12.3 Å². The quantitative estimate of drug-likeness (QED) is 0.877. The predicted octanol–water partition coefficient (Wildman–Crippen LogP) is 3.84. The monoisotopic (exact) mass is 362 g/mol. The van der Waals surface area contributed by atoms with Gasteiger partial charge in [0.1, 0.15) is 18.0 Å². The Labute approximate surface area is 151 Å². The number of aromatic nitrogens is 1. The molecule has 1 amide bonds. The summed E-state index contributed by atoms with van der Waals surface area (Å²) in [5.41, 5.74) is 0.973. The molecule has 2 aromatic rings. The van der Waals surface area contributed by atoms with Gasteiger partial charge in [0.05, 0.1) is 19.3 Å². The van der Waals surface area contributed by atoms with Crippen LogP contribution in [-0.2, 0) is 11.3 Å². The molecule has 1 aromatic carbocycles. The zero-order valence-corrected chi connectivity index (χ0v) is 15.3. The molecule has 140 valence electrons. The number of rotatable bonds is 5. The average molecular weight is 362 g/mol. The van der Waals surface area contributed by atoms with Crippen LogP contribution in [-0.4, -0.2) is 30.0 Å². The third-order valence-electron chi connectivity index (χ3n) is 3.49. The molecule has 0 aliphatic carbocycles. The maximum absolute atomic E-state index is 12.4. The van der Waals surface area contributed by atoms with Crippen molar-refractivity contribution in [3.63, 3.8) is 0 Å². The molecule has 0 atom stereocenters. The first-order chi connectivity index (χ1) is 12.2. The van der Waals surface area contributed by atoms with Crippen LogP contribution in [0.15, 0.2) is 41.3 Å². The lowest BCUT2D eigenvalue weighted by Crippen LogP contribution is -2.27. The summed E-state index contributed by atoms with van der Waals surface area (Å²) in [5, 5.41) is 2.64. The number of hydrogen-bond donors (Lipinski definition) is 1. The van der Waals surface area contributed by atoms with Crippen LogP contribution in [0.4, 0.5) is 14.9 Å². The van der Waals surface area contributed by atoms with Crippen LogP contribution in [0, 0.1) is 0 Å². The number of halogens is 1. The number of ether oxygens (including phenoxy) is 2. The zero-order chi connectivity index (χ0) is 19.3. The maximum Gasteiger partial charge on any atom is 0.412 e. The highest BCUT2D eigenvalue weighted by Crippen LogP contribution is 2.30. The zero-order valence-electron chi connectivity index (χ0n) is 15.3. The van der Waals surface area contributed by atoms with Crippen molar-refractivity contribution in [1.29, 1.82) is 0 Å². The standard InChI is InChI=1S/C19H23FN2O4/c1-19(2,3)26-18(24)21-15-6-5-13(11-16(15)25-4)14-7-9-22(10-8-20)17(23)12-14/h5-7,9,11-12H,8,10H2,1-4H3,(H,21,24). The largest absolute Gasteiger partial charge is 0.495 e. The van der Waals surface area contributed by atoms with E-state index in [9.17, 15) is 14.0 Å². The van der Waals surface area contributed by atoms with E-state index < -0.39 is 18.4 Å². The molecular weight excluding hydrogens is 339 g/mol. The van der Waals surface area contributed by atoms with Gasteiger partial charge in [-0.15, -0.1) is 0 Å². The molecule has 6 nitrogen and oxygen atoms in total. The van der Waals surface area contributed by atoms with E-state index in [0.29, 0.717) is 17.0 Å². The summed E-state index contributed by atoms with van der Waals surface area (Å²) < 4.78 is 24.3. The van der Waals surface area contributed by atoms with Crippen LogP contribution in [0.25, 0.3) is 11.1 Å². The van der Waals surface area contributed by atoms with E-state index in [4.69, 9.17) is 9.47 Å². The fraction of sp³-hybridized carbons (Fsp3) is 0.368. The Morgan fingerprint density at radius 1 is 1.19 bits per heavy atom. The topological polar surface area (TPSA) is 69.6 Å². The highest BCUT2D eigenvalue weighted by molar-refractivity contribution is 5.88. The van der Waals surface area contributed by atoms with E-state index in [1.165, 1.54) is 17.7 Å². The van der Waals surface area contributed by atoms with Gasteiger partial charge in [0.2, 0.25) is 0 Å². The van der Waals surface area contributed by atoms with E-state index in [2.05, 4.69) is 5.32 Å². The highest BCUT2D eigenvalue weighted by Gasteiger charge is 2.17. The van der Waals surface area contributed by atoms with Crippen LogP contribution in [0.3, 0.4) is 0 Å². The molecule has 0 saturated carbocycles. The molecule has 1 heterocycles. The first-order valence-corrected chi connectivity index (χ1v) is 8.18. The number of hydrogen-bond acceptors (Lipinski definition) is 4. The number of methoxy groups -OCH3 is 1. The summed E-state index contributed by atoms with van der Waals surface area (Å²) in [5.74, 6) is 0.432. The number of anilines is 1. The first kappa shape index (κ1) is 19.5. The number of aryl methyl sites for hydroxylation is 1. The average Bonchev–Trinajstić information content (AvgIpc) is 2.55. The SMILES string of the molecule is COc1cc(-c2ccn(CCF)c(=O)c2)ccc1NC(=O)OC(C)(C)C. The summed E-state index contributed by atoms with van der Waals surface area (Å²) in [6.45, 7) is 4.76. The maximum atomic E-state index is 12.4. The van der Waals surface area contributed by atoms with Gasteiger partial charge in [-0.05, 0) is 50.1 Å². The Hall–Kier alpha value is -2.83. The number of carbonyl (C=O) groups is 1. The molecule has 0 unspecified atom stereocenters. The third kappa shape index (κ3) is 5.08. The van der Waals surface area contributed by atoms with E-state index >= 15 is 0 Å². The number of pyridine rings is 1. The summed E-state index contributed by atoms with van der Waals surface area (Å²) in [6, 6.07) is 8.30. The molecular formula is C19H23FN2O4. The van der Waals surface area contributed by atoms with Crippen LogP contribution < -0.4 is 15.6 Å². The van der Waals surface area contributed by atoms with Gasteiger partial charge < -0.3 is 14.0 Å². The van der Waals surface area contributed by atoms with Crippen LogP contribution >= 0.6 is 0 Å². The molecule has 0 saturated heterocycles. The molecule has 26 heavy (non-hydrogen) atoms. The lowest BCUT2D eigenvalue weighted by Gasteiger charge is -2.20. The number of benzene rings is 1. The van der Waals surface area contributed by atoms with Gasteiger partial charge >= 0.3 is 6.09 Å². The van der Waals surface area contributed by atoms with Crippen molar-refractivity contribution in [2.24, 2.45) is 0 Å². The van der Waals surface area contributed by atoms with E-state index in [0.717, 1.165) is 5.56 Å². The van der Waals surface area contributed by atoms with E-state index in [1.807, 2.05) is 0 Å². The summed E-state index contributed by atoms with van der Waals surface area (Å²) in [6.07, 6.45) is 0.966. The fourth-order valence-corrected chi connectivity index (χ4v) is 2.35. The van der Waals surface area contributed by atoms with Crippen LogP contribution in [0.1, 0.15) is 20.8 Å². The van der Waals surface area contributed by atoms with Crippen molar-refractivity contribution in [3.8, 4) is 16.9 Å². The van der Waals surface area contributed by atoms with E-state index in [-0.39, 0.29) is 12.1 Å². The highest BCUT2D eigenvalue weighted by atomic mass is 19.1. The fourth-order valence-electron chi connectivity index (χ4n) is 2.35. The molecule has 0 spiro atoms. The lowest BCUT2D eigenvalue weighted by molar-refractivity contribution is 0.0635. The second kappa shape index (κ2) is 8.03. The number of carbonyl (C=O) groups excluding carboxylic acids is 1. The van der Waals surface area contributed by atoms with Crippen molar-refractivity contribution < 1.29 is 18.7 Å². The van der Waals surface area contributed by atoms with Crippen molar-refractivity contribution in [2.75, 3.05) is 19.1 Å². The second-order valence-corrected chi connectivity index (χ2v) is 6.68. The molecule has 7 heteroatoms. The molecule has 0 bridgehead atoms. The number of nitrogens with zero attached hydrogens (tertiary/aromatic N) is 1. The Morgan fingerprint density at radius 2 is 1.88 bits per heavy atom. The number of nitrogens with one attached hydrogen (secondary N) is 1. The molecule has 0 aliphatic heterocycles. The van der Waals surface area contributed by atoms with E-state index in [1.54, 1.807) is 51.2 Å². The molecule has 0 fully saturated rings. The molecule has 0 radical (unpaired) electrons. The Morgan fingerprint density at radius 3 is 2.46 bits per heavy atom. The second-order valence-electron chi connectivity index (χ2n) is 6.68. The first-order valence-electron chi connectivity index (χ1n) is 8.18. The Bertz CT molecular complexity index is 840. The van der Waals surface area contributed by atoms with Gasteiger partial charge in [-0.1, -0.05) is 6.07 Å². The normalized spacial score (nSPS) is 11.1. The third-order valence-corrected chi connectivity index (χ3v) is 3.49. The minimum Gasteiger partial charge on any atom is -0.495 e. The van der Waals surface area contributed by atoms with Gasteiger partial charge in [0.25, 0.3) is 5.56 Å². The van der Waals surface area contributed by atoms with Crippen LogP contribution in [0.2, 0.25) is 0 Å². The number of alkyl halides is 1. The number of amides is 1. The van der Waals surface area contributed by atoms with Gasteiger partial charge in [0.15, 0.2) is 0 Å². The minimum atomic E-state index is -0.610. The van der Waals surface area contributed by atoms with Gasteiger partial charge in [-0.2, -0.15) is 0 Å². The van der Waals surface area contributed by atoms with Gasteiger partial charge in [-0.25, -0.2) is 9.18 Å². The lowest BCUT2D eigenvalue weighted by atomic mass is 10.1. The van der Waals surface area contributed by atoms with Gasteiger partial charge in [-0.3, -0.25) is 10.1 Å². The Balaban J connectivity index is 2.27. The summed E-state index contributed by atoms with van der Waals surface area (Å²) in [7, 11) is 1.48. The van der Waals surface area contributed by atoms with Crippen molar-refractivity contribution in [1.82, 2.24) is 4.57 Å². The summed E-state index contributed by atoms with van der Waals surface area (Å²) in [4.78, 5) is 23.9. The smallest absolute Gasteiger partial charge is 0.412 e. The Kier molecular flexibility index (Phi) is 6.02. The molecule has 0 aliphatic rings. The predicted molar refractivity (Wildman–Crippen MR) is 98.5 cm³/mol. The van der Waals surface area contributed by atoms with Crippen molar-refractivity contribution in [2.45, 2.75) is 32.9 Å². The molecule has 1 N–H and O–H groups in total. The van der Waals surface area contributed by atoms with Crippen LogP contribution in [0.5, 0.6) is 5.75 Å². The minimum absolute atomic E-state index is 0.0289.